The number of amides is 1. The normalized spacial score (nSPS) is 10.5. The second-order valence-corrected chi connectivity index (χ2v) is 5.20. The van der Waals surface area contributed by atoms with Crippen LogP contribution < -0.4 is 11.1 Å². The van der Waals surface area contributed by atoms with Gasteiger partial charge in [-0.3, -0.25) is 9.48 Å². The fraction of sp³-hybridized carbons (Fsp3) is 0.231. The molecule has 2 aromatic rings. The Balaban J connectivity index is 2.07. The minimum atomic E-state index is -0.135. The zero-order valence-electron chi connectivity index (χ0n) is 10.8. The number of nitrogens with zero attached hydrogens (tertiary/aromatic N) is 2. The molecule has 0 bridgehead atoms. The minimum absolute atomic E-state index is 0.135. The van der Waals surface area contributed by atoms with Gasteiger partial charge in [-0.15, -0.1) is 0 Å². The highest BCUT2D eigenvalue weighted by molar-refractivity contribution is 9.10. The van der Waals surface area contributed by atoms with E-state index in [4.69, 9.17) is 5.73 Å². The molecule has 6 heteroatoms. The van der Waals surface area contributed by atoms with Gasteiger partial charge in [0, 0.05) is 16.4 Å². The van der Waals surface area contributed by atoms with Crippen molar-refractivity contribution in [3.05, 3.63) is 40.0 Å². The van der Waals surface area contributed by atoms with Crippen molar-refractivity contribution >= 4 is 33.3 Å². The molecule has 19 heavy (non-hydrogen) atoms. The van der Waals surface area contributed by atoms with Crippen LogP contribution in [-0.4, -0.2) is 15.7 Å². The van der Waals surface area contributed by atoms with Crippen molar-refractivity contribution in [3.8, 4) is 0 Å². The van der Waals surface area contributed by atoms with Gasteiger partial charge in [0.15, 0.2) is 0 Å². The molecule has 0 spiro atoms. The number of aromatic nitrogens is 2. The molecule has 1 amide bonds. The van der Waals surface area contributed by atoms with E-state index in [9.17, 15) is 4.79 Å². The largest absolute Gasteiger partial charge is 0.382 e. The predicted molar refractivity (Wildman–Crippen MR) is 78.9 cm³/mol. The number of nitrogens with two attached hydrogens (primary N) is 1. The van der Waals surface area contributed by atoms with Gasteiger partial charge >= 0.3 is 0 Å². The maximum atomic E-state index is 11.9. The van der Waals surface area contributed by atoms with Crippen molar-refractivity contribution < 1.29 is 4.79 Å². The van der Waals surface area contributed by atoms with E-state index in [0.29, 0.717) is 5.82 Å². The Bertz CT molecular complexity index is 598. The summed E-state index contributed by atoms with van der Waals surface area (Å²) in [4.78, 5) is 11.9. The number of hydrogen-bond acceptors (Lipinski definition) is 3. The van der Waals surface area contributed by atoms with Gasteiger partial charge in [-0.05, 0) is 43.2 Å². The summed E-state index contributed by atoms with van der Waals surface area (Å²) >= 11 is 3.50. The maximum absolute atomic E-state index is 11.9. The summed E-state index contributed by atoms with van der Waals surface area (Å²) in [6.45, 7) is 4.12. The Morgan fingerprint density at radius 1 is 1.42 bits per heavy atom. The van der Waals surface area contributed by atoms with Gasteiger partial charge in [0.25, 0.3) is 0 Å². The summed E-state index contributed by atoms with van der Waals surface area (Å²) in [7, 11) is 0. The smallest absolute Gasteiger partial charge is 0.246 e. The van der Waals surface area contributed by atoms with Crippen LogP contribution in [-0.2, 0) is 11.3 Å². The Kier molecular flexibility index (Phi) is 3.90. The van der Waals surface area contributed by atoms with Crippen molar-refractivity contribution in [2.75, 3.05) is 11.1 Å². The Morgan fingerprint density at radius 2 is 2.05 bits per heavy atom. The number of rotatable bonds is 3. The molecule has 1 aromatic carbocycles. The molecule has 1 aromatic heterocycles. The number of benzene rings is 1. The van der Waals surface area contributed by atoms with Crippen molar-refractivity contribution in [1.29, 1.82) is 0 Å². The Hall–Kier alpha value is -1.82. The molecule has 0 aliphatic carbocycles. The molecule has 0 unspecified atom stereocenters. The first kappa shape index (κ1) is 13.6. The molecule has 0 atom stereocenters. The van der Waals surface area contributed by atoms with Gasteiger partial charge in [-0.2, -0.15) is 5.10 Å². The van der Waals surface area contributed by atoms with E-state index in [1.54, 1.807) is 12.3 Å². The van der Waals surface area contributed by atoms with Crippen LogP contribution in [0.4, 0.5) is 11.5 Å². The molecule has 3 N–H and O–H groups in total. The summed E-state index contributed by atoms with van der Waals surface area (Å²) in [6.07, 6.45) is 1.67. The average molecular weight is 323 g/mol. The van der Waals surface area contributed by atoms with Crippen LogP contribution in [0.5, 0.6) is 0 Å². The molecule has 0 fully saturated rings. The summed E-state index contributed by atoms with van der Waals surface area (Å²) in [5, 5.41) is 6.81. The molecule has 0 saturated carbocycles. The average Bonchev–Trinajstić information content (AvgIpc) is 2.71. The molecule has 0 saturated heterocycles. The van der Waals surface area contributed by atoms with Crippen LogP contribution in [0.3, 0.4) is 0 Å². The van der Waals surface area contributed by atoms with Gasteiger partial charge in [-0.25, -0.2) is 0 Å². The predicted octanol–water partition coefficient (Wildman–Crippen LogP) is 2.48. The molecule has 100 valence electrons. The monoisotopic (exact) mass is 322 g/mol. The number of aryl methyl sites for hydroxylation is 2. The summed E-state index contributed by atoms with van der Waals surface area (Å²) in [5.41, 5.74) is 8.44. The number of halogens is 1. The fourth-order valence-electron chi connectivity index (χ4n) is 1.83. The number of carbonyl (C=O) groups is 1. The number of anilines is 2. The van der Waals surface area contributed by atoms with Crippen molar-refractivity contribution in [1.82, 2.24) is 9.78 Å². The molecule has 2 rings (SSSR count). The van der Waals surface area contributed by atoms with E-state index >= 15 is 0 Å². The third kappa shape index (κ3) is 3.35. The van der Waals surface area contributed by atoms with Crippen LogP contribution in [0.2, 0.25) is 0 Å². The SMILES string of the molecule is Cc1cc(NC(=O)Cn2ccc(N)n2)cc(C)c1Br. The second kappa shape index (κ2) is 5.44. The Morgan fingerprint density at radius 3 is 2.58 bits per heavy atom. The fourth-order valence-corrected chi connectivity index (χ4v) is 2.06. The van der Waals surface area contributed by atoms with Gasteiger partial charge in [-0.1, -0.05) is 15.9 Å². The van der Waals surface area contributed by atoms with E-state index in [1.165, 1.54) is 4.68 Å². The Labute approximate surface area is 119 Å². The number of carbonyl (C=O) groups excluding carboxylic acids is 1. The van der Waals surface area contributed by atoms with E-state index in [1.807, 2.05) is 26.0 Å². The lowest BCUT2D eigenvalue weighted by molar-refractivity contribution is -0.116. The van der Waals surface area contributed by atoms with Crippen molar-refractivity contribution in [2.24, 2.45) is 0 Å². The van der Waals surface area contributed by atoms with Crippen LogP contribution in [0.15, 0.2) is 28.9 Å². The highest BCUT2D eigenvalue weighted by Crippen LogP contribution is 2.24. The van der Waals surface area contributed by atoms with Gasteiger partial charge < -0.3 is 11.1 Å². The lowest BCUT2D eigenvalue weighted by Crippen LogP contribution is -2.19. The van der Waals surface area contributed by atoms with E-state index < -0.39 is 0 Å². The molecule has 0 radical (unpaired) electrons. The van der Waals surface area contributed by atoms with E-state index in [2.05, 4.69) is 26.3 Å². The third-order valence-corrected chi connectivity index (χ3v) is 3.94. The first-order valence-electron chi connectivity index (χ1n) is 5.81. The highest BCUT2D eigenvalue weighted by Gasteiger charge is 2.07. The maximum Gasteiger partial charge on any atom is 0.246 e. The lowest BCUT2D eigenvalue weighted by atomic mass is 10.1. The number of hydrogen-bond donors (Lipinski definition) is 2. The molecular weight excluding hydrogens is 308 g/mol. The zero-order valence-corrected chi connectivity index (χ0v) is 12.4. The molecule has 1 heterocycles. The summed E-state index contributed by atoms with van der Waals surface area (Å²) in [5.74, 6) is 0.271. The van der Waals surface area contributed by atoms with Crippen LogP contribution >= 0.6 is 15.9 Å². The molecule has 5 nitrogen and oxygen atoms in total. The minimum Gasteiger partial charge on any atom is -0.382 e. The standard InChI is InChI=1S/C13H15BrN4O/c1-8-5-10(6-9(2)13(8)14)16-12(19)7-18-4-3-11(15)17-18/h3-6H,7H2,1-2H3,(H2,15,17)(H,16,19). The van der Waals surface area contributed by atoms with Gasteiger partial charge in [0.2, 0.25) is 5.91 Å². The second-order valence-electron chi connectivity index (χ2n) is 4.41. The van der Waals surface area contributed by atoms with Crippen molar-refractivity contribution in [3.63, 3.8) is 0 Å². The topological polar surface area (TPSA) is 72.9 Å². The van der Waals surface area contributed by atoms with Gasteiger partial charge in [0.1, 0.15) is 12.4 Å². The van der Waals surface area contributed by atoms with E-state index in [0.717, 1.165) is 21.3 Å². The van der Waals surface area contributed by atoms with E-state index in [-0.39, 0.29) is 12.5 Å². The number of nitrogen functional groups attached to an aromatic ring is 1. The van der Waals surface area contributed by atoms with Crippen molar-refractivity contribution in [2.45, 2.75) is 20.4 Å². The first-order chi connectivity index (χ1) is 8.95. The van der Waals surface area contributed by atoms with Crippen LogP contribution in [0.1, 0.15) is 11.1 Å². The molecule has 0 aliphatic heterocycles. The first-order valence-corrected chi connectivity index (χ1v) is 6.60. The molecular formula is C13H15BrN4O. The van der Waals surface area contributed by atoms with Crippen LogP contribution in [0, 0.1) is 13.8 Å². The highest BCUT2D eigenvalue weighted by atomic mass is 79.9. The van der Waals surface area contributed by atoms with Crippen LogP contribution in [0.25, 0.3) is 0 Å². The molecule has 0 aliphatic rings. The lowest BCUT2D eigenvalue weighted by Gasteiger charge is -2.09. The zero-order chi connectivity index (χ0) is 14.0. The summed E-state index contributed by atoms with van der Waals surface area (Å²) in [6, 6.07) is 5.50. The van der Waals surface area contributed by atoms with Gasteiger partial charge in [0.05, 0.1) is 0 Å². The number of nitrogens with one attached hydrogen (secondary N) is 1. The summed E-state index contributed by atoms with van der Waals surface area (Å²) < 4.78 is 2.56. The quantitative estimate of drug-likeness (QED) is 0.911. The third-order valence-electron chi connectivity index (χ3n) is 2.69.